The predicted molar refractivity (Wildman–Crippen MR) is 104 cm³/mol. The van der Waals surface area contributed by atoms with Gasteiger partial charge in [-0.2, -0.15) is 0 Å². The summed E-state index contributed by atoms with van der Waals surface area (Å²) >= 11 is 6.19. The summed E-state index contributed by atoms with van der Waals surface area (Å²) in [4.78, 5) is 8.99. The number of rotatable bonds is 2. The molecule has 1 N–H and O–H groups in total. The third kappa shape index (κ3) is 3.37. The first kappa shape index (κ1) is 16.5. The molecule has 1 aliphatic rings. The van der Waals surface area contributed by atoms with E-state index >= 15 is 0 Å². The second kappa shape index (κ2) is 7.10. The van der Waals surface area contributed by atoms with Gasteiger partial charge in [0, 0.05) is 33.7 Å². The van der Waals surface area contributed by atoms with Crippen molar-refractivity contribution in [3.63, 3.8) is 0 Å². The van der Waals surface area contributed by atoms with Gasteiger partial charge in [0.25, 0.3) is 0 Å². The van der Waals surface area contributed by atoms with Gasteiger partial charge in [-0.3, -0.25) is 9.98 Å². The number of aromatic nitrogens is 1. The molecule has 2 aromatic carbocycles. The van der Waals surface area contributed by atoms with Crippen molar-refractivity contribution in [3.8, 4) is 0 Å². The third-order valence-corrected chi connectivity index (χ3v) is 4.31. The SMILES string of the molecule is Fc1ccccc1C1=NC/C(=C/c2ccccn2)Nc2ccc(Cl)cc21. The lowest BCUT2D eigenvalue weighted by Gasteiger charge is -2.12. The Morgan fingerprint density at radius 3 is 2.65 bits per heavy atom. The maximum absolute atomic E-state index is 14.4. The number of nitrogens with one attached hydrogen (secondary N) is 1. The number of benzene rings is 2. The van der Waals surface area contributed by atoms with Crippen LogP contribution in [0.2, 0.25) is 5.02 Å². The molecular weight excluding hydrogens is 349 g/mol. The zero-order valence-corrected chi connectivity index (χ0v) is 14.5. The third-order valence-electron chi connectivity index (χ3n) is 4.08. The smallest absolute Gasteiger partial charge is 0.132 e. The molecule has 128 valence electrons. The van der Waals surface area contributed by atoms with Crippen LogP contribution >= 0.6 is 11.6 Å². The van der Waals surface area contributed by atoms with Gasteiger partial charge in [0.2, 0.25) is 0 Å². The second-order valence-electron chi connectivity index (χ2n) is 5.88. The van der Waals surface area contributed by atoms with Gasteiger partial charge >= 0.3 is 0 Å². The lowest BCUT2D eigenvalue weighted by molar-refractivity contribution is 0.625. The van der Waals surface area contributed by atoms with Crippen molar-refractivity contribution in [1.29, 1.82) is 0 Å². The van der Waals surface area contributed by atoms with Crippen LogP contribution in [0.15, 0.2) is 77.5 Å². The van der Waals surface area contributed by atoms with Crippen molar-refractivity contribution in [2.24, 2.45) is 4.99 Å². The summed E-state index contributed by atoms with van der Waals surface area (Å²) in [7, 11) is 0. The summed E-state index contributed by atoms with van der Waals surface area (Å²) in [6.07, 6.45) is 3.68. The van der Waals surface area contributed by atoms with Crippen molar-refractivity contribution < 1.29 is 4.39 Å². The lowest BCUT2D eigenvalue weighted by Crippen LogP contribution is -2.07. The number of anilines is 1. The van der Waals surface area contributed by atoms with E-state index in [-0.39, 0.29) is 5.82 Å². The molecule has 1 aliphatic heterocycles. The van der Waals surface area contributed by atoms with E-state index in [1.165, 1.54) is 6.07 Å². The van der Waals surface area contributed by atoms with Gasteiger partial charge in [-0.25, -0.2) is 4.39 Å². The Morgan fingerprint density at radius 2 is 1.85 bits per heavy atom. The van der Waals surface area contributed by atoms with E-state index in [4.69, 9.17) is 11.6 Å². The van der Waals surface area contributed by atoms with E-state index in [1.54, 1.807) is 36.5 Å². The van der Waals surface area contributed by atoms with Gasteiger partial charge in [0.15, 0.2) is 0 Å². The maximum atomic E-state index is 14.4. The highest BCUT2D eigenvalue weighted by Crippen LogP contribution is 2.29. The Labute approximate surface area is 155 Å². The zero-order valence-electron chi connectivity index (χ0n) is 13.8. The van der Waals surface area contributed by atoms with Crippen LogP contribution in [-0.2, 0) is 0 Å². The molecule has 4 rings (SSSR count). The van der Waals surface area contributed by atoms with Crippen LogP contribution in [0.1, 0.15) is 16.8 Å². The first-order valence-corrected chi connectivity index (χ1v) is 8.56. The molecule has 0 amide bonds. The Kier molecular flexibility index (Phi) is 4.50. The normalized spacial score (nSPS) is 15.0. The first-order chi connectivity index (χ1) is 12.7. The maximum Gasteiger partial charge on any atom is 0.132 e. The number of benzodiazepines with no additional fused rings is 1. The number of pyridine rings is 1. The number of hydrogen-bond acceptors (Lipinski definition) is 3. The van der Waals surface area contributed by atoms with Gasteiger partial charge < -0.3 is 5.32 Å². The van der Waals surface area contributed by atoms with Crippen molar-refractivity contribution in [2.75, 3.05) is 11.9 Å². The summed E-state index contributed by atoms with van der Waals surface area (Å²) in [6, 6.07) is 17.8. The number of hydrogen-bond donors (Lipinski definition) is 1. The topological polar surface area (TPSA) is 37.3 Å². The number of fused-ring (bicyclic) bond motifs is 1. The van der Waals surface area contributed by atoms with Gasteiger partial charge in [0.1, 0.15) is 5.82 Å². The highest BCUT2D eigenvalue weighted by Gasteiger charge is 2.19. The summed E-state index contributed by atoms with van der Waals surface area (Å²) in [5.41, 5.74) is 4.34. The van der Waals surface area contributed by atoms with Crippen LogP contribution in [0.4, 0.5) is 10.1 Å². The van der Waals surface area contributed by atoms with Crippen LogP contribution in [0.5, 0.6) is 0 Å². The van der Waals surface area contributed by atoms with Crippen LogP contribution in [0.25, 0.3) is 6.08 Å². The molecule has 0 aliphatic carbocycles. The lowest BCUT2D eigenvalue weighted by atomic mass is 10.00. The molecule has 0 radical (unpaired) electrons. The van der Waals surface area contributed by atoms with Crippen molar-refractivity contribution in [3.05, 3.63) is 100 Å². The van der Waals surface area contributed by atoms with Crippen molar-refractivity contribution in [1.82, 2.24) is 4.98 Å². The number of nitrogens with zero attached hydrogens (tertiary/aromatic N) is 2. The fourth-order valence-electron chi connectivity index (χ4n) is 2.89. The fraction of sp³-hybridized carbons (Fsp3) is 0.0476. The monoisotopic (exact) mass is 363 g/mol. The molecule has 0 saturated carbocycles. The van der Waals surface area contributed by atoms with E-state index in [0.717, 1.165) is 22.6 Å². The molecule has 0 atom stereocenters. The van der Waals surface area contributed by atoms with Gasteiger partial charge in [-0.15, -0.1) is 0 Å². The minimum atomic E-state index is -0.311. The largest absolute Gasteiger partial charge is 0.357 e. The minimum absolute atomic E-state index is 0.311. The standard InChI is InChI=1S/C21H15ClFN3/c22-14-8-9-20-18(11-14)21(17-6-1-2-7-19(17)23)25-13-16(26-20)12-15-5-3-4-10-24-15/h1-12,26H,13H2/b16-12-. The van der Waals surface area contributed by atoms with Crippen LogP contribution in [0, 0.1) is 5.82 Å². The zero-order chi connectivity index (χ0) is 17.9. The number of halogens is 2. The molecule has 26 heavy (non-hydrogen) atoms. The first-order valence-electron chi connectivity index (χ1n) is 8.18. The highest BCUT2D eigenvalue weighted by atomic mass is 35.5. The Morgan fingerprint density at radius 1 is 1.00 bits per heavy atom. The quantitative estimate of drug-likeness (QED) is 0.681. The summed E-state index contributed by atoms with van der Waals surface area (Å²) in [6.45, 7) is 0.381. The Balaban J connectivity index is 1.84. The molecule has 0 saturated heterocycles. The molecule has 3 aromatic rings. The minimum Gasteiger partial charge on any atom is -0.357 e. The van der Waals surface area contributed by atoms with E-state index in [1.807, 2.05) is 30.3 Å². The molecule has 0 unspecified atom stereocenters. The predicted octanol–water partition coefficient (Wildman–Crippen LogP) is 5.18. The van der Waals surface area contributed by atoms with Crippen molar-refractivity contribution >= 4 is 29.1 Å². The molecule has 0 bridgehead atoms. The molecule has 3 nitrogen and oxygen atoms in total. The van der Waals surface area contributed by atoms with E-state index in [9.17, 15) is 4.39 Å². The number of aliphatic imine (C=N–C) groups is 1. The average molecular weight is 364 g/mol. The Bertz CT molecular complexity index is 1010. The summed E-state index contributed by atoms with van der Waals surface area (Å²) < 4.78 is 14.4. The van der Waals surface area contributed by atoms with E-state index in [0.29, 0.717) is 22.8 Å². The molecule has 5 heteroatoms. The van der Waals surface area contributed by atoms with Crippen LogP contribution < -0.4 is 5.32 Å². The summed E-state index contributed by atoms with van der Waals surface area (Å²) in [5.74, 6) is -0.311. The van der Waals surface area contributed by atoms with Crippen LogP contribution in [-0.4, -0.2) is 17.2 Å². The van der Waals surface area contributed by atoms with Crippen molar-refractivity contribution in [2.45, 2.75) is 0 Å². The van der Waals surface area contributed by atoms with Gasteiger partial charge in [-0.05, 0) is 48.5 Å². The van der Waals surface area contributed by atoms with E-state index in [2.05, 4.69) is 15.3 Å². The molecule has 2 heterocycles. The van der Waals surface area contributed by atoms with E-state index < -0.39 is 0 Å². The van der Waals surface area contributed by atoms with Gasteiger partial charge in [0.05, 0.1) is 18.0 Å². The molecular formula is C21H15ClFN3. The molecule has 1 aromatic heterocycles. The average Bonchev–Trinajstić information content (AvgIpc) is 2.82. The Hall–Kier alpha value is -2.98. The fourth-order valence-corrected chi connectivity index (χ4v) is 3.06. The second-order valence-corrected chi connectivity index (χ2v) is 6.32. The summed E-state index contributed by atoms with van der Waals surface area (Å²) in [5, 5.41) is 3.96. The highest BCUT2D eigenvalue weighted by molar-refractivity contribution is 6.31. The molecule has 0 spiro atoms. The van der Waals surface area contributed by atoms with Gasteiger partial charge in [-0.1, -0.05) is 29.8 Å². The molecule has 0 fully saturated rings. The van der Waals surface area contributed by atoms with Crippen LogP contribution in [0.3, 0.4) is 0 Å².